The van der Waals surface area contributed by atoms with Crippen LogP contribution in [0.3, 0.4) is 0 Å². The predicted octanol–water partition coefficient (Wildman–Crippen LogP) is 4.51. The van der Waals surface area contributed by atoms with Crippen LogP contribution in [0.2, 0.25) is 0 Å². The van der Waals surface area contributed by atoms with Crippen LogP contribution in [0.4, 0.5) is 0 Å². The minimum Gasteiger partial charge on any atom is -0.300 e. The Balaban J connectivity index is 1.55. The zero-order chi connectivity index (χ0) is 17.2. The van der Waals surface area contributed by atoms with Gasteiger partial charge in [-0.15, -0.1) is 0 Å². The van der Waals surface area contributed by atoms with Crippen molar-refractivity contribution >= 4 is 0 Å². The minimum absolute atomic E-state index is 0.396. The first-order valence-corrected chi connectivity index (χ1v) is 9.97. The first-order chi connectivity index (χ1) is 12.2. The highest BCUT2D eigenvalue weighted by Gasteiger charge is 2.29. The standard InChI is InChI=1S/C21H30N4/c1-16(2)21-22-12-14-25(21)20-11-5-10-19(23-20)17-7-6-13-24(15-17)18-8-3-4-9-18/h5,10-12,14,16-18H,3-4,6-9,13,15H2,1-2H3/t17-/m1/s1. The van der Waals surface area contributed by atoms with Gasteiger partial charge in [0.05, 0.1) is 0 Å². The highest BCUT2D eigenvalue weighted by Crippen LogP contribution is 2.32. The third-order valence-corrected chi connectivity index (χ3v) is 5.90. The second-order valence-electron chi connectivity index (χ2n) is 8.00. The van der Waals surface area contributed by atoms with Crippen molar-refractivity contribution < 1.29 is 0 Å². The molecule has 1 aliphatic heterocycles. The normalized spacial score (nSPS) is 22.8. The third kappa shape index (κ3) is 3.50. The summed E-state index contributed by atoms with van der Waals surface area (Å²) in [4.78, 5) is 12.3. The van der Waals surface area contributed by atoms with Crippen molar-refractivity contribution in [3.05, 3.63) is 42.1 Å². The first-order valence-electron chi connectivity index (χ1n) is 9.97. The van der Waals surface area contributed by atoms with Crippen LogP contribution >= 0.6 is 0 Å². The topological polar surface area (TPSA) is 34.0 Å². The lowest BCUT2D eigenvalue weighted by molar-refractivity contribution is 0.149. The average Bonchev–Trinajstić information content (AvgIpc) is 3.34. The highest BCUT2D eigenvalue weighted by atomic mass is 15.2. The zero-order valence-corrected chi connectivity index (χ0v) is 15.6. The van der Waals surface area contributed by atoms with Crippen LogP contribution in [0, 0.1) is 0 Å². The van der Waals surface area contributed by atoms with E-state index in [2.05, 4.69) is 46.5 Å². The van der Waals surface area contributed by atoms with Gasteiger partial charge in [0.15, 0.2) is 0 Å². The summed E-state index contributed by atoms with van der Waals surface area (Å²) in [6.45, 7) is 6.83. The van der Waals surface area contributed by atoms with E-state index in [1.807, 2.05) is 12.4 Å². The van der Waals surface area contributed by atoms with E-state index in [9.17, 15) is 0 Å². The number of pyridine rings is 1. The summed E-state index contributed by atoms with van der Waals surface area (Å²) in [6, 6.07) is 7.32. The molecule has 0 unspecified atom stereocenters. The van der Waals surface area contributed by atoms with Crippen molar-refractivity contribution in [2.45, 2.75) is 70.3 Å². The minimum atomic E-state index is 0.396. The Morgan fingerprint density at radius 3 is 2.72 bits per heavy atom. The van der Waals surface area contributed by atoms with E-state index in [-0.39, 0.29) is 0 Å². The van der Waals surface area contributed by atoms with E-state index in [1.165, 1.54) is 57.3 Å². The number of piperidine rings is 1. The molecule has 0 spiro atoms. The maximum Gasteiger partial charge on any atom is 0.138 e. The summed E-state index contributed by atoms with van der Waals surface area (Å²) in [5, 5.41) is 0. The van der Waals surface area contributed by atoms with Crippen molar-refractivity contribution in [1.29, 1.82) is 0 Å². The van der Waals surface area contributed by atoms with E-state index in [0.717, 1.165) is 17.7 Å². The lowest BCUT2D eigenvalue weighted by Gasteiger charge is -2.36. The largest absolute Gasteiger partial charge is 0.300 e. The van der Waals surface area contributed by atoms with Gasteiger partial charge in [0.2, 0.25) is 0 Å². The molecule has 0 N–H and O–H groups in total. The number of hydrogen-bond acceptors (Lipinski definition) is 3. The zero-order valence-electron chi connectivity index (χ0n) is 15.6. The molecule has 0 aromatic carbocycles. The molecule has 4 heteroatoms. The fourth-order valence-electron chi connectivity index (χ4n) is 4.59. The van der Waals surface area contributed by atoms with E-state index >= 15 is 0 Å². The van der Waals surface area contributed by atoms with Crippen LogP contribution in [0.25, 0.3) is 5.82 Å². The molecule has 4 nitrogen and oxygen atoms in total. The molecule has 2 fully saturated rings. The molecule has 1 saturated carbocycles. The van der Waals surface area contributed by atoms with Crippen LogP contribution in [0.15, 0.2) is 30.6 Å². The number of rotatable bonds is 4. The van der Waals surface area contributed by atoms with Gasteiger partial charge in [-0.25, -0.2) is 9.97 Å². The number of likely N-dealkylation sites (tertiary alicyclic amines) is 1. The Morgan fingerprint density at radius 2 is 1.92 bits per heavy atom. The van der Waals surface area contributed by atoms with E-state index in [4.69, 9.17) is 4.98 Å². The smallest absolute Gasteiger partial charge is 0.138 e. The molecule has 0 amide bonds. The SMILES string of the molecule is CC(C)c1nccn1-c1cccc([C@@H]2CCCN(C3CCCC3)C2)n1. The van der Waals surface area contributed by atoms with Gasteiger partial charge in [0, 0.05) is 42.5 Å². The molecule has 2 aromatic rings. The molecule has 25 heavy (non-hydrogen) atoms. The van der Waals surface area contributed by atoms with Gasteiger partial charge < -0.3 is 0 Å². The summed E-state index contributed by atoms with van der Waals surface area (Å²) in [6.07, 6.45) is 12.1. The first kappa shape index (κ1) is 16.8. The fourth-order valence-corrected chi connectivity index (χ4v) is 4.59. The average molecular weight is 338 g/mol. The second kappa shape index (κ2) is 7.28. The van der Waals surface area contributed by atoms with Crippen molar-refractivity contribution in [3.8, 4) is 5.82 Å². The van der Waals surface area contributed by atoms with Crippen LogP contribution in [-0.2, 0) is 0 Å². The van der Waals surface area contributed by atoms with E-state index in [0.29, 0.717) is 11.8 Å². The Bertz CT molecular complexity index is 699. The molecular formula is C21H30N4. The molecular weight excluding hydrogens is 308 g/mol. The molecule has 1 aliphatic carbocycles. The maximum absolute atomic E-state index is 5.04. The molecule has 134 valence electrons. The number of aromatic nitrogens is 3. The van der Waals surface area contributed by atoms with Crippen LogP contribution in [-0.4, -0.2) is 38.6 Å². The summed E-state index contributed by atoms with van der Waals surface area (Å²) in [5.41, 5.74) is 1.25. The Hall–Kier alpha value is -1.68. The Kier molecular flexibility index (Phi) is 4.89. The van der Waals surface area contributed by atoms with Gasteiger partial charge in [-0.3, -0.25) is 9.47 Å². The van der Waals surface area contributed by atoms with Gasteiger partial charge in [-0.05, 0) is 44.4 Å². The Morgan fingerprint density at radius 1 is 1.08 bits per heavy atom. The van der Waals surface area contributed by atoms with E-state index in [1.54, 1.807) is 0 Å². The van der Waals surface area contributed by atoms with Crippen molar-refractivity contribution in [1.82, 2.24) is 19.4 Å². The lowest BCUT2D eigenvalue weighted by atomic mass is 9.93. The van der Waals surface area contributed by atoms with Crippen LogP contribution in [0.5, 0.6) is 0 Å². The quantitative estimate of drug-likeness (QED) is 0.822. The molecule has 1 saturated heterocycles. The van der Waals surface area contributed by atoms with Crippen LogP contribution in [0.1, 0.15) is 75.7 Å². The lowest BCUT2D eigenvalue weighted by Crippen LogP contribution is -2.40. The molecule has 0 radical (unpaired) electrons. The summed E-state index contributed by atoms with van der Waals surface area (Å²) in [5.74, 6) is 3.06. The number of imidazole rings is 1. The van der Waals surface area contributed by atoms with Gasteiger partial charge in [0.25, 0.3) is 0 Å². The molecule has 2 aromatic heterocycles. The number of nitrogens with zero attached hydrogens (tertiary/aromatic N) is 4. The van der Waals surface area contributed by atoms with Crippen molar-refractivity contribution in [2.75, 3.05) is 13.1 Å². The summed E-state index contributed by atoms with van der Waals surface area (Å²) >= 11 is 0. The summed E-state index contributed by atoms with van der Waals surface area (Å²) in [7, 11) is 0. The van der Waals surface area contributed by atoms with Crippen molar-refractivity contribution in [2.24, 2.45) is 0 Å². The second-order valence-corrected chi connectivity index (χ2v) is 8.00. The molecule has 0 bridgehead atoms. The maximum atomic E-state index is 5.04. The number of hydrogen-bond donors (Lipinski definition) is 0. The van der Waals surface area contributed by atoms with E-state index < -0.39 is 0 Å². The Labute approximate surface area is 151 Å². The fraction of sp³-hybridized carbons (Fsp3) is 0.619. The predicted molar refractivity (Wildman–Crippen MR) is 101 cm³/mol. The highest BCUT2D eigenvalue weighted by molar-refractivity contribution is 5.29. The monoisotopic (exact) mass is 338 g/mol. The molecule has 2 aliphatic rings. The van der Waals surface area contributed by atoms with Crippen LogP contribution < -0.4 is 0 Å². The molecule has 1 atom stereocenters. The summed E-state index contributed by atoms with van der Waals surface area (Å²) < 4.78 is 2.14. The van der Waals surface area contributed by atoms with Crippen molar-refractivity contribution in [3.63, 3.8) is 0 Å². The van der Waals surface area contributed by atoms with Gasteiger partial charge in [-0.2, -0.15) is 0 Å². The molecule has 4 rings (SSSR count). The molecule has 3 heterocycles. The van der Waals surface area contributed by atoms with Gasteiger partial charge in [-0.1, -0.05) is 32.8 Å². The van der Waals surface area contributed by atoms with Gasteiger partial charge >= 0.3 is 0 Å². The van der Waals surface area contributed by atoms with Gasteiger partial charge in [0.1, 0.15) is 11.6 Å². The third-order valence-electron chi connectivity index (χ3n) is 5.90.